The summed E-state index contributed by atoms with van der Waals surface area (Å²) >= 11 is 6.03. The molecule has 0 saturated carbocycles. The van der Waals surface area contributed by atoms with Crippen LogP contribution < -0.4 is 0 Å². The van der Waals surface area contributed by atoms with Gasteiger partial charge in [-0.05, 0) is 36.2 Å². The molecule has 2 aromatic rings. The highest BCUT2D eigenvalue weighted by Crippen LogP contribution is 2.24. The van der Waals surface area contributed by atoms with Crippen molar-refractivity contribution in [3.05, 3.63) is 74.0 Å². The lowest BCUT2D eigenvalue weighted by Gasteiger charge is -2.19. The molecule has 0 aromatic heterocycles. The number of nitrogens with zero attached hydrogens (tertiary/aromatic N) is 2. The van der Waals surface area contributed by atoms with E-state index in [-0.39, 0.29) is 23.7 Å². The number of nitro groups is 1. The van der Waals surface area contributed by atoms with Gasteiger partial charge in [0.2, 0.25) is 0 Å². The topological polar surface area (TPSA) is 63.5 Å². The standard InChI is InChI=1S/C16H14ClFN2O3/c1-10-3-4-12(18)8-14(10)16(21)19(2)9-11-7-13(20(22)23)5-6-15(11)17/h3-8H,9H2,1-2H3. The average molecular weight is 337 g/mol. The summed E-state index contributed by atoms with van der Waals surface area (Å²) < 4.78 is 13.3. The molecule has 0 saturated heterocycles. The minimum Gasteiger partial charge on any atom is -0.337 e. The molecule has 5 nitrogen and oxygen atoms in total. The normalized spacial score (nSPS) is 10.4. The first kappa shape index (κ1) is 16.9. The summed E-state index contributed by atoms with van der Waals surface area (Å²) in [5, 5.41) is 11.2. The zero-order chi connectivity index (χ0) is 17.1. The predicted octanol–water partition coefficient (Wildman–Crippen LogP) is 3.97. The molecule has 0 aliphatic carbocycles. The molecule has 0 N–H and O–H groups in total. The third-order valence-electron chi connectivity index (χ3n) is 3.42. The Kier molecular flexibility index (Phi) is 4.95. The quantitative estimate of drug-likeness (QED) is 0.627. The summed E-state index contributed by atoms with van der Waals surface area (Å²) in [7, 11) is 1.53. The second-order valence-corrected chi connectivity index (χ2v) is 5.56. The Hall–Kier alpha value is -2.47. The fourth-order valence-corrected chi connectivity index (χ4v) is 2.33. The van der Waals surface area contributed by atoms with Crippen LogP contribution in [0.25, 0.3) is 0 Å². The predicted molar refractivity (Wildman–Crippen MR) is 85.0 cm³/mol. The van der Waals surface area contributed by atoms with E-state index in [9.17, 15) is 19.3 Å². The number of non-ortho nitro benzene ring substituents is 1. The zero-order valence-electron chi connectivity index (χ0n) is 12.5. The van der Waals surface area contributed by atoms with Gasteiger partial charge < -0.3 is 4.90 Å². The Labute approximate surface area is 137 Å². The third-order valence-corrected chi connectivity index (χ3v) is 3.79. The molecule has 0 radical (unpaired) electrons. The highest BCUT2D eigenvalue weighted by atomic mass is 35.5. The fourth-order valence-electron chi connectivity index (χ4n) is 2.15. The van der Waals surface area contributed by atoms with Gasteiger partial charge in [-0.1, -0.05) is 17.7 Å². The number of halogens is 2. The van der Waals surface area contributed by atoms with Gasteiger partial charge in [0.1, 0.15) is 5.82 Å². The van der Waals surface area contributed by atoms with Crippen molar-refractivity contribution >= 4 is 23.2 Å². The Morgan fingerprint density at radius 2 is 2.00 bits per heavy atom. The Morgan fingerprint density at radius 3 is 2.65 bits per heavy atom. The van der Waals surface area contributed by atoms with E-state index < -0.39 is 10.7 Å². The lowest BCUT2D eigenvalue weighted by Crippen LogP contribution is -2.27. The van der Waals surface area contributed by atoms with Crippen LogP contribution in [0.4, 0.5) is 10.1 Å². The molecule has 2 aromatic carbocycles. The van der Waals surface area contributed by atoms with E-state index in [0.717, 1.165) is 0 Å². The fraction of sp³-hybridized carbons (Fsp3) is 0.188. The van der Waals surface area contributed by atoms with E-state index in [1.165, 1.54) is 48.3 Å². The van der Waals surface area contributed by atoms with E-state index in [1.807, 2.05) is 0 Å². The lowest BCUT2D eigenvalue weighted by atomic mass is 10.1. The Bertz CT molecular complexity index is 780. The molecular weight excluding hydrogens is 323 g/mol. The maximum atomic E-state index is 13.3. The summed E-state index contributed by atoms with van der Waals surface area (Å²) in [4.78, 5) is 24.1. The van der Waals surface area contributed by atoms with Crippen LogP contribution in [0.5, 0.6) is 0 Å². The number of benzene rings is 2. The van der Waals surface area contributed by atoms with Crippen molar-refractivity contribution in [1.82, 2.24) is 4.90 Å². The van der Waals surface area contributed by atoms with Crippen molar-refractivity contribution in [2.75, 3.05) is 7.05 Å². The second kappa shape index (κ2) is 6.75. The van der Waals surface area contributed by atoms with E-state index >= 15 is 0 Å². The highest BCUT2D eigenvalue weighted by molar-refractivity contribution is 6.31. The van der Waals surface area contributed by atoms with Gasteiger partial charge in [-0.15, -0.1) is 0 Å². The molecule has 23 heavy (non-hydrogen) atoms. The monoisotopic (exact) mass is 336 g/mol. The summed E-state index contributed by atoms with van der Waals surface area (Å²) in [5.74, 6) is -0.884. The van der Waals surface area contributed by atoms with Crippen LogP contribution in [0.1, 0.15) is 21.5 Å². The SMILES string of the molecule is Cc1ccc(F)cc1C(=O)N(C)Cc1cc([N+](=O)[O-])ccc1Cl. The van der Waals surface area contributed by atoms with Crippen molar-refractivity contribution < 1.29 is 14.1 Å². The number of hydrogen-bond acceptors (Lipinski definition) is 3. The number of carbonyl (C=O) groups is 1. The van der Waals surface area contributed by atoms with Crippen LogP contribution in [0.3, 0.4) is 0 Å². The number of amides is 1. The van der Waals surface area contributed by atoms with Crippen molar-refractivity contribution in [2.45, 2.75) is 13.5 Å². The molecule has 0 spiro atoms. The van der Waals surface area contributed by atoms with E-state index in [1.54, 1.807) is 6.92 Å². The van der Waals surface area contributed by atoms with Crippen LogP contribution in [-0.4, -0.2) is 22.8 Å². The summed E-state index contributed by atoms with van der Waals surface area (Å²) in [6.45, 7) is 1.79. The molecule has 0 bridgehead atoms. The number of hydrogen-bond donors (Lipinski definition) is 0. The number of aryl methyl sites for hydroxylation is 1. The first-order valence-corrected chi connectivity index (χ1v) is 7.12. The van der Waals surface area contributed by atoms with Gasteiger partial charge in [-0.25, -0.2) is 4.39 Å². The van der Waals surface area contributed by atoms with Gasteiger partial charge in [0.05, 0.1) is 4.92 Å². The largest absolute Gasteiger partial charge is 0.337 e. The van der Waals surface area contributed by atoms with Gasteiger partial charge in [0.25, 0.3) is 11.6 Å². The van der Waals surface area contributed by atoms with Crippen molar-refractivity contribution in [3.8, 4) is 0 Å². The van der Waals surface area contributed by atoms with E-state index in [0.29, 0.717) is 16.1 Å². The minimum absolute atomic E-state index is 0.0787. The maximum Gasteiger partial charge on any atom is 0.269 e. The minimum atomic E-state index is -0.529. The molecule has 0 aliphatic heterocycles. The molecule has 0 unspecified atom stereocenters. The van der Waals surface area contributed by atoms with Gasteiger partial charge in [0.15, 0.2) is 0 Å². The number of rotatable bonds is 4. The van der Waals surface area contributed by atoms with E-state index in [4.69, 9.17) is 11.6 Å². The first-order chi connectivity index (χ1) is 10.8. The van der Waals surface area contributed by atoms with E-state index in [2.05, 4.69) is 0 Å². The molecule has 1 amide bonds. The molecule has 2 rings (SSSR count). The van der Waals surface area contributed by atoms with Crippen molar-refractivity contribution in [3.63, 3.8) is 0 Å². The summed E-state index contributed by atoms with van der Waals surface area (Å²) in [6.07, 6.45) is 0. The number of carbonyl (C=O) groups excluding carboxylic acids is 1. The third kappa shape index (κ3) is 3.84. The van der Waals surface area contributed by atoms with Crippen LogP contribution in [0.15, 0.2) is 36.4 Å². The first-order valence-electron chi connectivity index (χ1n) is 6.74. The van der Waals surface area contributed by atoms with Crippen LogP contribution in [0.2, 0.25) is 5.02 Å². The molecule has 0 fully saturated rings. The van der Waals surface area contributed by atoms with Gasteiger partial charge in [0, 0.05) is 36.3 Å². The van der Waals surface area contributed by atoms with Gasteiger partial charge in [-0.3, -0.25) is 14.9 Å². The molecular formula is C16H14ClFN2O3. The molecule has 0 atom stereocenters. The molecule has 120 valence electrons. The lowest BCUT2D eigenvalue weighted by molar-refractivity contribution is -0.384. The smallest absolute Gasteiger partial charge is 0.269 e. The second-order valence-electron chi connectivity index (χ2n) is 5.15. The molecule has 0 aliphatic rings. The number of nitro benzene ring substituents is 1. The molecule has 0 heterocycles. The Morgan fingerprint density at radius 1 is 1.30 bits per heavy atom. The Balaban J connectivity index is 2.26. The average Bonchev–Trinajstić information content (AvgIpc) is 2.50. The van der Waals surface area contributed by atoms with Gasteiger partial charge >= 0.3 is 0 Å². The van der Waals surface area contributed by atoms with Crippen LogP contribution in [-0.2, 0) is 6.54 Å². The molecule has 7 heteroatoms. The van der Waals surface area contributed by atoms with Crippen molar-refractivity contribution in [2.24, 2.45) is 0 Å². The van der Waals surface area contributed by atoms with Crippen LogP contribution in [0, 0.1) is 22.9 Å². The van der Waals surface area contributed by atoms with Crippen molar-refractivity contribution in [1.29, 1.82) is 0 Å². The summed E-state index contributed by atoms with van der Waals surface area (Å²) in [5.41, 5.74) is 1.24. The highest BCUT2D eigenvalue weighted by Gasteiger charge is 2.18. The van der Waals surface area contributed by atoms with Crippen LogP contribution >= 0.6 is 11.6 Å². The summed E-state index contributed by atoms with van der Waals surface area (Å²) in [6, 6.07) is 8.01. The zero-order valence-corrected chi connectivity index (χ0v) is 13.3. The van der Waals surface area contributed by atoms with Gasteiger partial charge in [-0.2, -0.15) is 0 Å². The maximum absolute atomic E-state index is 13.3.